The molecule has 1 aliphatic rings. The predicted molar refractivity (Wildman–Crippen MR) is 168 cm³/mol. The van der Waals surface area contributed by atoms with Crippen molar-refractivity contribution in [1.82, 2.24) is 10.6 Å². The van der Waals surface area contributed by atoms with E-state index in [1.807, 2.05) is 0 Å². The summed E-state index contributed by atoms with van der Waals surface area (Å²) in [6.07, 6.45) is 22.9. The number of hydrogen-bond donors (Lipinski definition) is 2. The quantitative estimate of drug-likeness (QED) is 0.132. The molecule has 0 amide bonds. The van der Waals surface area contributed by atoms with Crippen LogP contribution in [0.4, 0.5) is 0 Å². The fourth-order valence-corrected chi connectivity index (χ4v) is 6.27. The first-order chi connectivity index (χ1) is 17.7. The van der Waals surface area contributed by atoms with E-state index in [-0.39, 0.29) is 0 Å². The lowest BCUT2D eigenvalue weighted by atomic mass is 9.84. The first-order valence-electron chi connectivity index (χ1n) is 17.1. The SMILES string of the molecule is CC(C)CCC(CCCC(CCCC(CCC(C)C)CCC(C)C)CNC[C@@H]1CCCN1)CCC(C)C. The van der Waals surface area contributed by atoms with Gasteiger partial charge in [-0.1, -0.05) is 132 Å². The molecule has 1 aliphatic heterocycles. The van der Waals surface area contributed by atoms with Gasteiger partial charge in [-0.3, -0.25) is 0 Å². The second kappa shape index (κ2) is 21.7. The minimum atomic E-state index is 0.716. The summed E-state index contributed by atoms with van der Waals surface area (Å²) in [4.78, 5) is 0. The summed E-state index contributed by atoms with van der Waals surface area (Å²) in [5.41, 5.74) is 0. The third-order valence-electron chi connectivity index (χ3n) is 9.04. The maximum Gasteiger partial charge on any atom is 0.0192 e. The Morgan fingerprint density at radius 3 is 1.30 bits per heavy atom. The zero-order valence-corrected chi connectivity index (χ0v) is 27.1. The maximum atomic E-state index is 3.90. The van der Waals surface area contributed by atoms with Gasteiger partial charge >= 0.3 is 0 Å². The van der Waals surface area contributed by atoms with Crippen LogP contribution in [0, 0.1) is 41.4 Å². The molecule has 0 aromatic rings. The molecule has 2 heteroatoms. The fourth-order valence-electron chi connectivity index (χ4n) is 6.27. The van der Waals surface area contributed by atoms with Crippen molar-refractivity contribution in [3.8, 4) is 0 Å². The molecule has 1 fully saturated rings. The van der Waals surface area contributed by atoms with E-state index >= 15 is 0 Å². The minimum Gasteiger partial charge on any atom is -0.315 e. The van der Waals surface area contributed by atoms with E-state index in [2.05, 4.69) is 66.0 Å². The van der Waals surface area contributed by atoms with Crippen LogP contribution >= 0.6 is 0 Å². The first kappa shape index (κ1) is 34.9. The van der Waals surface area contributed by atoms with E-state index in [0.717, 1.165) is 41.4 Å². The third kappa shape index (κ3) is 20.5. The molecule has 0 aliphatic carbocycles. The van der Waals surface area contributed by atoms with Crippen LogP contribution in [0.5, 0.6) is 0 Å². The number of nitrogens with one attached hydrogen (secondary N) is 2. The maximum absolute atomic E-state index is 3.90. The smallest absolute Gasteiger partial charge is 0.0192 e. The van der Waals surface area contributed by atoms with Gasteiger partial charge in [-0.05, 0) is 80.2 Å². The van der Waals surface area contributed by atoms with Crippen molar-refractivity contribution in [3.63, 3.8) is 0 Å². The first-order valence-corrected chi connectivity index (χ1v) is 17.1. The monoisotopic (exact) mass is 521 g/mol. The number of rotatable bonds is 24. The Kier molecular flexibility index (Phi) is 20.5. The Labute approximate surface area is 235 Å². The topological polar surface area (TPSA) is 24.1 Å². The molecule has 37 heavy (non-hydrogen) atoms. The molecule has 0 radical (unpaired) electrons. The van der Waals surface area contributed by atoms with E-state index < -0.39 is 0 Å². The van der Waals surface area contributed by atoms with Crippen LogP contribution < -0.4 is 10.6 Å². The number of hydrogen-bond acceptors (Lipinski definition) is 2. The van der Waals surface area contributed by atoms with Crippen molar-refractivity contribution < 1.29 is 0 Å². The molecule has 1 saturated heterocycles. The standard InChI is InChI=1S/C35H72N2/c1-28(2)17-21-32(22-18-29(3)4)12-9-14-34(26-36-27-35-16-11-25-37-35)15-10-13-33(23-19-30(5)6)24-20-31(7)8/h28-37H,9-27H2,1-8H3/t35-/m0/s1. The van der Waals surface area contributed by atoms with Crippen molar-refractivity contribution in [1.29, 1.82) is 0 Å². The van der Waals surface area contributed by atoms with Gasteiger partial charge in [0.25, 0.3) is 0 Å². The van der Waals surface area contributed by atoms with Crippen LogP contribution in [0.25, 0.3) is 0 Å². The van der Waals surface area contributed by atoms with E-state index in [0.29, 0.717) is 6.04 Å². The molecule has 0 bridgehead atoms. The average Bonchev–Trinajstić information content (AvgIpc) is 3.34. The van der Waals surface area contributed by atoms with Gasteiger partial charge in [0.15, 0.2) is 0 Å². The summed E-state index contributed by atoms with van der Waals surface area (Å²) in [5.74, 6) is 6.18. The zero-order chi connectivity index (χ0) is 27.5. The van der Waals surface area contributed by atoms with Crippen LogP contribution in [0.3, 0.4) is 0 Å². The Balaban J connectivity index is 2.56. The van der Waals surface area contributed by atoms with Gasteiger partial charge in [-0.15, -0.1) is 0 Å². The Bertz CT molecular complexity index is 433. The second-order valence-electron chi connectivity index (χ2n) is 14.8. The van der Waals surface area contributed by atoms with Gasteiger partial charge in [0, 0.05) is 12.6 Å². The normalized spacial score (nSPS) is 16.8. The van der Waals surface area contributed by atoms with Crippen LogP contribution in [-0.2, 0) is 0 Å². The van der Waals surface area contributed by atoms with E-state index in [1.165, 1.54) is 122 Å². The summed E-state index contributed by atoms with van der Waals surface area (Å²) >= 11 is 0. The van der Waals surface area contributed by atoms with E-state index in [9.17, 15) is 0 Å². The highest BCUT2D eigenvalue weighted by molar-refractivity contribution is 4.77. The van der Waals surface area contributed by atoms with Crippen molar-refractivity contribution in [2.75, 3.05) is 19.6 Å². The van der Waals surface area contributed by atoms with Gasteiger partial charge in [0.05, 0.1) is 0 Å². The highest BCUT2D eigenvalue weighted by Gasteiger charge is 2.18. The molecule has 1 rings (SSSR count). The van der Waals surface area contributed by atoms with Crippen molar-refractivity contribution >= 4 is 0 Å². The van der Waals surface area contributed by atoms with Gasteiger partial charge in [-0.2, -0.15) is 0 Å². The Morgan fingerprint density at radius 1 is 0.541 bits per heavy atom. The lowest BCUT2D eigenvalue weighted by molar-refractivity contribution is 0.302. The molecular weight excluding hydrogens is 448 g/mol. The van der Waals surface area contributed by atoms with Crippen molar-refractivity contribution in [2.24, 2.45) is 41.4 Å². The van der Waals surface area contributed by atoms with Crippen molar-refractivity contribution in [3.05, 3.63) is 0 Å². The van der Waals surface area contributed by atoms with Gasteiger partial charge in [0.2, 0.25) is 0 Å². The van der Waals surface area contributed by atoms with Gasteiger partial charge in [0.1, 0.15) is 0 Å². The fraction of sp³-hybridized carbons (Fsp3) is 1.00. The summed E-state index contributed by atoms with van der Waals surface area (Å²) < 4.78 is 0. The highest BCUT2D eigenvalue weighted by Crippen LogP contribution is 2.29. The molecule has 0 unspecified atom stereocenters. The molecule has 0 saturated carbocycles. The molecule has 2 N–H and O–H groups in total. The molecule has 222 valence electrons. The van der Waals surface area contributed by atoms with E-state index in [4.69, 9.17) is 0 Å². The van der Waals surface area contributed by atoms with Crippen molar-refractivity contribution in [2.45, 2.75) is 164 Å². The van der Waals surface area contributed by atoms with Crippen LogP contribution in [-0.4, -0.2) is 25.7 Å². The average molecular weight is 521 g/mol. The zero-order valence-electron chi connectivity index (χ0n) is 27.1. The predicted octanol–water partition coefficient (Wildman–Crippen LogP) is 10.3. The summed E-state index contributed by atoms with van der Waals surface area (Å²) in [6.45, 7) is 22.8. The molecule has 0 spiro atoms. The molecule has 2 nitrogen and oxygen atoms in total. The molecule has 0 aromatic carbocycles. The molecule has 1 heterocycles. The van der Waals surface area contributed by atoms with Crippen LogP contribution in [0.1, 0.15) is 158 Å². The minimum absolute atomic E-state index is 0.716. The summed E-state index contributed by atoms with van der Waals surface area (Å²) in [5, 5.41) is 7.58. The largest absolute Gasteiger partial charge is 0.315 e. The molecule has 1 atom stereocenters. The third-order valence-corrected chi connectivity index (χ3v) is 9.04. The van der Waals surface area contributed by atoms with Crippen LogP contribution in [0.15, 0.2) is 0 Å². The lowest BCUT2D eigenvalue weighted by Gasteiger charge is -2.24. The Hall–Kier alpha value is -0.0800. The van der Waals surface area contributed by atoms with E-state index in [1.54, 1.807) is 0 Å². The van der Waals surface area contributed by atoms with Gasteiger partial charge < -0.3 is 10.6 Å². The molecule has 0 aromatic heterocycles. The molecular formula is C35H72N2. The lowest BCUT2D eigenvalue weighted by Crippen LogP contribution is -2.36. The van der Waals surface area contributed by atoms with Crippen LogP contribution in [0.2, 0.25) is 0 Å². The highest BCUT2D eigenvalue weighted by atomic mass is 15.0. The second-order valence-corrected chi connectivity index (χ2v) is 14.8. The summed E-state index contributed by atoms with van der Waals surface area (Å²) in [7, 11) is 0. The Morgan fingerprint density at radius 2 is 0.946 bits per heavy atom. The van der Waals surface area contributed by atoms with Gasteiger partial charge in [-0.25, -0.2) is 0 Å². The summed E-state index contributed by atoms with van der Waals surface area (Å²) in [6, 6.07) is 0.716.